The van der Waals surface area contributed by atoms with Gasteiger partial charge in [-0.1, -0.05) is 18.2 Å². The van der Waals surface area contributed by atoms with Gasteiger partial charge in [0.25, 0.3) is 0 Å². The number of aldehydes is 1. The Kier molecular flexibility index (Phi) is 4.33. The van der Waals surface area contributed by atoms with E-state index in [0.717, 1.165) is 37.2 Å². The van der Waals surface area contributed by atoms with Crippen molar-refractivity contribution in [3.05, 3.63) is 42.1 Å². The summed E-state index contributed by atoms with van der Waals surface area (Å²) in [4.78, 5) is 13.3. The van der Waals surface area contributed by atoms with Crippen LogP contribution in [0, 0.1) is 0 Å². The van der Waals surface area contributed by atoms with Gasteiger partial charge in [-0.3, -0.25) is 9.69 Å². The topological polar surface area (TPSA) is 32.3 Å². The Hall–Kier alpha value is -1.61. The molecule has 1 aromatic carbocycles. The SMILES string of the molecule is O=C/C(=C\Nc1ccccc1)CN1CCCC1. The second-order valence-corrected chi connectivity index (χ2v) is 4.33. The monoisotopic (exact) mass is 230 g/mol. The van der Waals surface area contributed by atoms with Crippen molar-refractivity contribution in [2.45, 2.75) is 12.8 Å². The molecule has 1 heterocycles. The Labute approximate surface area is 102 Å². The molecule has 0 saturated carbocycles. The number of anilines is 1. The molecule has 17 heavy (non-hydrogen) atoms. The van der Waals surface area contributed by atoms with Crippen molar-refractivity contribution in [3.8, 4) is 0 Å². The number of benzene rings is 1. The summed E-state index contributed by atoms with van der Waals surface area (Å²) >= 11 is 0. The fourth-order valence-electron chi connectivity index (χ4n) is 2.03. The average Bonchev–Trinajstić information content (AvgIpc) is 2.88. The van der Waals surface area contributed by atoms with Crippen LogP contribution in [0.25, 0.3) is 0 Å². The lowest BCUT2D eigenvalue weighted by Gasteiger charge is -2.14. The van der Waals surface area contributed by atoms with Crippen LogP contribution in [0.1, 0.15) is 12.8 Å². The molecule has 0 unspecified atom stereocenters. The van der Waals surface area contributed by atoms with E-state index in [1.54, 1.807) is 6.20 Å². The van der Waals surface area contributed by atoms with Crippen LogP contribution < -0.4 is 5.32 Å². The minimum Gasteiger partial charge on any atom is -0.361 e. The number of nitrogens with zero attached hydrogens (tertiary/aromatic N) is 1. The molecule has 0 amide bonds. The van der Waals surface area contributed by atoms with E-state index >= 15 is 0 Å². The van der Waals surface area contributed by atoms with Crippen LogP contribution >= 0.6 is 0 Å². The third-order valence-corrected chi connectivity index (χ3v) is 2.95. The van der Waals surface area contributed by atoms with E-state index in [9.17, 15) is 4.79 Å². The maximum atomic E-state index is 11.0. The van der Waals surface area contributed by atoms with Crippen LogP contribution in [-0.2, 0) is 4.79 Å². The molecule has 0 aliphatic carbocycles. The normalized spacial score (nSPS) is 17.1. The zero-order chi connectivity index (χ0) is 11.9. The lowest BCUT2D eigenvalue weighted by Crippen LogP contribution is -2.22. The van der Waals surface area contributed by atoms with Gasteiger partial charge in [0, 0.05) is 24.0 Å². The van der Waals surface area contributed by atoms with E-state index in [2.05, 4.69) is 10.2 Å². The van der Waals surface area contributed by atoms with Crippen LogP contribution in [0.3, 0.4) is 0 Å². The molecule has 3 heteroatoms. The molecular formula is C14H18N2O. The van der Waals surface area contributed by atoms with Gasteiger partial charge in [0.05, 0.1) is 0 Å². The van der Waals surface area contributed by atoms with Crippen molar-refractivity contribution in [2.75, 3.05) is 25.0 Å². The molecule has 0 aromatic heterocycles. The lowest BCUT2D eigenvalue weighted by atomic mass is 10.3. The van der Waals surface area contributed by atoms with Crippen molar-refractivity contribution in [1.29, 1.82) is 0 Å². The predicted octanol–water partition coefficient (Wildman–Crippen LogP) is 2.28. The first-order valence-electron chi connectivity index (χ1n) is 6.06. The Morgan fingerprint density at radius 3 is 2.59 bits per heavy atom. The van der Waals surface area contributed by atoms with Crippen molar-refractivity contribution in [2.24, 2.45) is 0 Å². The van der Waals surface area contributed by atoms with Gasteiger partial charge >= 0.3 is 0 Å². The Morgan fingerprint density at radius 2 is 1.94 bits per heavy atom. The first-order valence-corrected chi connectivity index (χ1v) is 6.06. The summed E-state index contributed by atoms with van der Waals surface area (Å²) in [5.41, 5.74) is 1.81. The summed E-state index contributed by atoms with van der Waals surface area (Å²) < 4.78 is 0. The largest absolute Gasteiger partial charge is 0.361 e. The summed E-state index contributed by atoms with van der Waals surface area (Å²) in [6.45, 7) is 2.97. The first-order chi connectivity index (χ1) is 8.38. The van der Waals surface area contributed by atoms with Crippen molar-refractivity contribution in [1.82, 2.24) is 4.90 Å². The molecule has 0 spiro atoms. The second kappa shape index (κ2) is 6.21. The van der Waals surface area contributed by atoms with Crippen LogP contribution in [0.15, 0.2) is 42.1 Å². The number of para-hydroxylation sites is 1. The fraction of sp³-hybridized carbons (Fsp3) is 0.357. The number of carbonyl (C=O) groups is 1. The molecule has 0 atom stereocenters. The molecule has 1 aromatic rings. The van der Waals surface area contributed by atoms with Gasteiger partial charge in [-0.25, -0.2) is 0 Å². The minimum absolute atomic E-state index is 0.753. The van der Waals surface area contributed by atoms with E-state index in [-0.39, 0.29) is 0 Å². The van der Waals surface area contributed by atoms with Crippen LogP contribution in [0.4, 0.5) is 5.69 Å². The zero-order valence-corrected chi connectivity index (χ0v) is 9.93. The summed E-state index contributed by atoms with van der Waals surface area (Å²) in [6.07, 6.45) is 5.24. The van der Waals surface area contributed by atoms with Gasteiger partial charge in [0.2, 0.25) is 0 Å². The molecule has 90 valence electrons. The molecular weight excluding hydrogens is 212 g/mol. The molecule has 0 bridgehead atoms. The number of hydrogen-bond acceptors (Lipinski definition) is 3. The van der Waals surface area contributed by atoms with Crippen molar-refractivity contribution >= 4 is 12.0 Å². The summed E-state index contributed by atoms with van der Waals surface area (Å²) in [5, 5.41) is 3.15. The standard InChI is InChI=1S/C14H18N2O/c17-12-13(11-16-8-4-5-9-16)10-15-14-6-2-1-3-7-14/h1-3,6-7,10,12,15H,4-5,8-9,11H2/b13-10-. The van der Waals surface area contributed by atoms with Crippen molar-refractivity contribution in [3.63, 3.8) is 0 Å². The van der Waals surface area contributed by atoms with E-state index in [0.29, 0.717) is 0 Å². The highest BCUT2D eigenvalue weighted by atomic mass is 16.1. The van der Waals surface area contributed by atoms with Gasteiger partial charge in [-0.05, 0) is 38.1 Å². The molecule has 1 fully saturated rings. The average molecular weight is 230 g/mol. The molecule has 1 aliphatic heterocycles. The maximum absolute atomic E-state index is 11.0. The Bertz CT molecular complexity index is 380. The zero-order valence-electron chi connectivity index (χ0n) is 9.93. The van der Waals surface area contributed by atoms with Gasteiger partial charge < -0.3 is 5.32 Å². The summed E-state index contributed by atoms with van der Waals surface area (Å²) in [6, 6.07) is 9.87. The highest BCUT2D eigenvalue weighted by Gasteiger charge is 2.12. The van der Waals surface area contributed by atoms with Crippen LogP contribution in [0.5, 0.6) is 0 Å². The molecule has 0 radical (unpaired) electrons. The fourth-order valence-corrected chi connectivity index (χ4v) is 2.03. The maximum Gasteiger partial charge on any atom is 0.148 e. The predicted molar refractivity (Wildman–Crippen MR) is 69.9 cm³/mol. The molecule has 3 nitrogen and oxygen atoms in total. The third-order valence-electron chi connectivity index (χ3n) is 2.95. The van der Waals surface area contributed by atoms with E-state index in [1.165, 1.54) is 12.8 Å². The summed E-state index contributed by atoms with van der Waals surface area (Å²) in [5.74, 6) is 0. The lowest BCUT2D eigenvalue weighted by molar-refractivity contribution is -0.105. The first kappa shape index (κ1) is 11.9. The molecule has 1 saturated heterocycles. The van der Waals surface area contributed by atoms with Crippen molar-refractivity contribution < 1.29 is 4.79 Å². The van der Waals surface area contributed by atoms with Gasteiger partial charge in [-0.15, -0.1) is 0 Å². The van der Waals surface area contributed by atoms with E-state index in [4.69, 9.17) is 0 Å². The van der Waals surface area contributed by atoms with Gasteiger partial charge in [0.15, 0.2) is 0 Å². The molecule has 1 aliphatic rings. The quantitative estimate of drug-likeness (QED) is 0.622. The summed E-state index contributed by atoms with van der Waals surface area (Å²) in [7, 11) is 0. The number of carbonyl (C=O) groups excluding carboxylic acids is 1. The number of hydrogen-bond donors (Lipinski definition) is 1. The van der Waals surface area contributed by atoms with Gasteiger partial charge in [0.1, 0.15) is 6.29 Å². The highest BCUT2D eigenvalue weighted by molar-refractivity contribution is 5.74. The Morgan fingerprint density at radius 1 is 1.24 bits per heavy atom. The third kappa shape index (κ3) is 3.71. The smallest absolute Gasteiger partial charge is 0.148 e. The molecule has 2 rings (SSSR count). The Balaban J connectivity index is 1.90. The molecule has 1 N–H and O–H groups in total. The number of likely N-dealkylation sites (tertiary alicyclic amines) is 1. The van der Waals surface area contributed by atoms with E-state index < -0.39 is 0 Å². The number of rotatable bonds is 5. The minimum atomic E-state index is 0.753. The highest BCUT2D eigenvalue weighted by Crippen LogP contribution is 2.10. The van der Waals surface area contributed by atoms with E-state index in [1.807, 2.05) is 30.3 Å². The van der Waals surface area contributed by atoms with Crippen LogP contribution in [-0.4, -0.2) is 30.8 Å². The van der Waals surface area contributed by atoms with Gasteiger partial charge in [-0.2, -0.15) is 0 Å². The second-order valence-electron chi connectivity index (χ2n) is 4.33. The number of nitrogens with one attached hydrogen (secondary N) is 1. The van der Waals surface area contributed by atoms with Crippen LogP contribution in [0.2, 0.25) is 0 Å².